The fraction of sp³-hybridized carbons (Fsp3) is 0.741. The van der Waals surface area contributed by atoms with Crippen molar-refractivity contribution >= 4 is 5.97 Å². The summed E-state index contributed by atoms with van der Waals surface area (Å²) in [6, 6.07) is 4.07. The van der Waals surface area contributed by atoms with Gasteiger partial charge in [0.2, 0.25) is 0 Å². The minimum atomic E-state index is -0.125. The molecule has 0 spiro atoms. The largest absolute Gasteiger partial charge is 0.507 e. The number of carbonyl (C=O) groups excluding carboxylic acids is 1. The van der Waals surface area contributed by atoms with E-state index in [2.05, 4.69) is 27.7 Å². The molecule has 0 atom stereocenters. The van der Waals surface area contributed by atoms with Gasteiger partial charge in [0.25, 0.3) is 0 Å². The van der Waals surface area contributed by atoms with E-state index in [1.165, 1.54) is 51.4 Å². The molecule has 1 N–H and O–H groups in total. The number of phenolic OH excluding ortho intramolecular Hbond substituents is 1. The molecule has 1 aromatic rings. The van der Waals surface area contributed by atoms with Crippen molar-refractivity contribution in [2.24, 2.45) is 0 Å². The molecule has 0 aliphatic rings. The lowest BCUT2D eigenvalue weighted by Gasteiger charge is -2.23. The summed E-state index contributed by atoms with van der Waals surface area (Å²) in [4.78, 5) is 12.1. The smallest absolute Gasteiger partial charge is 0.306 e. The van der Waals surface area contributed by atoms with Crippen LogP contribution >= 0.6 is 0 Å². The van der Waals surface area contributed by atoms with E-state index >= 15 is 0 Å². The second kappa shape index (κ2) is 14.5. The van der Waals surface area contributed by atoms with Crippen LogP contribution in [0.4, 0.5) is 0 Å². The van der Waals surface area contributed by atoms with Crippen LogP contribution < -0.4 is 0 Å². The third-order valence-corrected chi connectivity index (χ3v) is 5.82. The van der Waals surface area contributed by atoms with Gasteiger partial charge >= 0.3 is 5.97 Å². The van der Waals surface area contributed by atoms with Gasteiger partial charge < -0.3 is 9.84 Å². The Hall–Kier alpha value is -1.51. The van der Waals surface area contributed by atoms with Crippen molar-refractivity contribution in [3.05, 3.63) is 28.8 Å². The number of phenols is 1. The van der Waals surface area contributed by atoms with Crippen LogP contribution in [0.3, 0.4) is 0 Å². The maximum Gasteiger partial charge on any atom is 0.306 e. The molecule has 0 saturated heterocycles. The van der Waals surface area contributed by atoms with Gasteiger partial charge in [-0.25, -0.2) is 0 Å². The number of hydrogen-bond donors (Lipinski definition) is 1. The lowest BCUT2D eigenvalue weighted by Crippen LogP contribution is -2.13. The minimum absolute atomic E-state index is 0.116. The van der Waals surface area contributed by atoms with E-state index in [1.54, 1.807) is 0 Å². The van der Waals surface area contributed by atoms with Crippen LogP contribution in [0.25, 0.3) is 0 Å². The Morgan fingerprint density at radius 3 is 2.00 bits per heavy atom. The van der Waals surface area contributed by atoms with Crippen molar-refractivity contribution in [1.82, 2.24) is 0 Å². The normalized spacial score (nSPS) is 11.6. The first-order chi connectivity index (χ1) is 14.3. The molecule has 0 aromatic heterocycles. The van der Waals surface area contributed by atoms with E-state index in [-0.39, 0.29) is 11.4 Å². The zero-order chi connectivity index (χ0) is 22.4. The van der Waals surface area contributed by atoms with Gasteiger partial charge in [-0.2, -0.15) is 0 Å². The van der Waals surface area contributed by atoms with Crippen molar-refractivity contribution in [2.75, 3.05) is 6.61 Å². The summed E-state index contributed by atoms with van der Waals surface area (Å²) in [6.45, 7) is 11.2. The topological polar surface area (TPSA) is 46.5 Å². The molecule has 0 aliphatic carbocycles. The van der Waals surface area contributed by atoms with Crippen molar-refractivity contribution in [3.8, 4) is 5.75 Å². The first-order valence-corrected chi connectivity index (χ1v) is 12.3. The Balaban J connectivity index is 2.24. The number of unbranched alkanes of at least 4 members (excludes halogenated alkanes) is 9. The molecule has 172 valence electrons. The van der Waals surface area contributed by atoms with E-state index in [1.807, 2.05) is 19.1 Å². The summed E-state index contributed by atoms with van der Waals surface area (Å²) in [6.07, 6.45) is 14.6. The number of hydrogen-bond acceptors (Lipinski definition) is 3. The highest BCUT2D eigenvalue weighted by Gasteiger charge is 2.21. The van der Waals surface area contributed by atoms with Crippen molar-refractivity contribution in [1.29, 1.82) is 0 Å². The highest BCUT2D eigenvalue weighted by molar-refractivity contribution is 5.69. The van der Waals surface area contributed by atoms with Crippen molar-refractivity contribution < 1.29 is 14.6 Å². The molecule has 0 amide bonds. The van der Waals surface area contributed by atoms with Gasteiger partial charge in [0.05, 0.1) is 6.61 Å². The van der Waals surface area contributed by atoms with E-state index in [4.69, 9.17) is 4.74 Å². The second-order valence-electron chi connectivity index (χ2n) is 9.66. The van der Waals surface area contributed by atoms with E-state index in [0.717, 1.165) is 36.0 Å². The molecule has 0 fully saturated rings. The molecule has 0 radical (unpaired) electrons. The third kappa shape index (κ3) is 10.5. The SMILES string of the molecule is CCCCCCCCCCCCOC(=O)CCc1cc(CC)c(O)c(C(C)(C)C)c1. The molecular formula is C27H46O3. The van der Waals surface area contributed by atoms with Crippen LogP contribution in [-0.2, 0) is 27.8 Å². The molecule has 30 heavy (non-hydrogen) atoms. The average Bonchev–Trinajstić information content (AvgIpc) is 2.70. The summed E-state index contributed by atoms with van der Waals surface area (Å²) in [5.41, 5.74) is 2.89. The quantitative estimate of drug-likeness (QED) is 0.235. The third-order valence-electron chi connectivity index (χ3n) is 5.82. The van der Waals surface area contributed by atoms with E-state index in [9.17, 15) is 9.90 Å². The molecule has 3 heteroatoms. The van der Waals surface area contributed by atoms with Crippen LogP contribution in [0, 0.1) is 0 Å². The molecule has 3 nitrogen and oxygen atoms in total. The zero-order valence-electron chi connectivity index (χ0n) is 20.3. The minimum Gasteiger partial charge on any atom is -0.507 e. The second-order valence-corrected chi connectivity index (χ2v) is 9.66. The summed E-state index contributed by atoms with van der Waals surface area (Å²) in [5, 5.41) is 10.5. The predicted octanol–water partition coefficient (Wildman–Crippen LogP) is 7.65. The summed E-state index contributed by atoms with van der Waals surface area (Å²) < 4.78 is 5.43. The number of carbonyl (C=O) groups is 1. The average molecular weight is 419 g/mol. The number of esters is 1. The van der Waals surface area contributed by atoms with E-state index < -0.39 is 0 Å². The van der Waals surface area contributed by atoms with Gasteiger partial charge in [-0.15, -0.1) is 0 Å². The van der Waals surface area contributed by atoms with Crippen LogP contribution in [-0.4, -0.2) is 17.7 Å². The predicted molar refractivity (Wildman–Crippen MR) is 127 cm³/mol. The Morgan fingerprint density at radius 1 is 0.900 bits per heavy atom. The number of aromatic hydroxyl groups is 1. The maximum absolute atomic E-state index is 12.1. The van der Waals surface area contributed by atoms with Gasteiger partial charge in [0, 0.05) is 6.42 Å². The van der Waals surface area contributed by atoms with Gasteiger partial charge in [0.1, 0.15) is 5.75 Å². The number of benzene rings is 1. The van der Waals surface area contributed by atoms with Crippen molar-refractivity contribution in [3.63, 3.8) is 0 Å². The zero-order valence-corrected chi connectivity index (χ0v) is 20.3. The monoisotopic (exact) mass is 418 g/mol. The molecule has 0 heterocycles. The first-order valence-electron chi connectivity index (χ1n) is 12.3. The Kier molecular flexibility index (Phi) is 12.8. The van der Waals surface area contributed by atoms with Crippen LogP contribution in [0.5, 0.6) is 5.75 Å². The summed E-state index contributed by atoms with van der Waals surface area (Å²) >= 11 is 0. The lowest BCUT2D eigenvalue weighted by atomic mass is 9.83. The molecular weight excluding hydrogens is 372 g/mol. The lowest BCUT2D eigenvalue weighted by molar-refractivity contribution is -0.143. The van der Waals surface area contributed by atoms with Crippen LogP contribution in [0.1, 0.15) is 122 Å². The number of rotatable bonds is 15. The first kappa shape index (κ1) is 26.5. The molecule has 0 saturated carbocycles. The summed E-state index contributed by atoms with van der Waals surface area (Å²) in [5.74, 6) is 0.284. The molecule has 1 aromatic carbocycles. The Labute approximate surface area is 185 Å². The standard InChI is InChI=1S/C27H46O3/c1-6-8-9-10-11-12-13-14-15-16-19-30-25(28)18-17-22-20-23(7-2)26(29)24(21-22)27(3,4)5/h20-21,29H,6-19H2,1-5H3. The highest BCUT2D eigenvalue weighted by atomic mass is 16.5. The number of ether oxygens (including phenoxy) is 1. The van der Waals surface area contributed by atoms with Crippen molar-refractivity contribution in [2.45, 2.75) is 124 Å². The van der Waals surface area contributed by atoms with Gasteiger partial charge in [-0.1, -0.05) is 105 Å². The van der Waals surface area contributed by atoms with Crippen LogP contribution in [0.15, 0.2) is 12.1 Å². The highest BCUT2D eigenvalue weighted by Crippen LogP contribution is 2.35. The fourth-order valence-corrected chi connectivity index (χ4v) is 3.84. The molecule has 1 rings (SSSR count). The number of aryl methyl sites for hydroxylation is 2. The van der Waals surface area contributed by atoms with E-state index in [0.29, 0.717) is 25.2 Å². The Bertz CT molecular complexity index is 613. The van der Waals surface area contributed by atoms with Gasteiger partial charge in [-0.3, -0.25) is 4.79 Å². The molecule has 0 aliphatic heterocycles. The van der Waals surface area contributed by atoms with Gasteiger partial charge in [-0.05, 0) is 41.4 Å². The van der Waals surface area contributed by atoms with Crippen LogP contribution in [0.2, 0.25) is 0 Å². The molecule has 0 bridgehead atoms. The summed E-state index contributed by atoms with van der Waals surface area (Å²) in [7, 11) is 0. The van der Waals surface area contributed by atoms with Gasteiger partial charge in [0.15, 0.2) is 0 Å². The maximum atomic E-state index is 12.1. The molecule has 0 unspecified atom stereocenters. The Morgan fingerprint density at radius 2 is 1.47 bits per heavy atom. The fourth-order valence-electron chi connectivity index (χ4n) is 3.84.